The van der Waals surface area contributed by atoms with Crippen molar-refractivity contribution in [1.82, 2.24) is 0 Å². The molecule has 0 spiro atoms. The van der Waals surface area contributed by atoms with Gasteiger partial charge < -0.3 is 0 Å². The third-order valence-corrected chi connectivity index (χ3v) is 6.96. The van der Waals surface area contributed by atoms with Gasteiger partial charge in [-0.25, -0.2) is 0 Å². The van der Waals surface area contributed by atoms with Crippen LogP contribution in [-0.4, -0.2) is 6.26 Å². The van der Waals surface area contributed by atoms with Crippen molar-refractivity contribution in [2.75, 3.05) is 6.26 Å². The average Bonchev–Trinajstić information content (AvgIpc) is 3.06. The quantitative estimate of drug-likeness (QED) is 0.491. The molecule has 4 rings (SSSR count). The first-order valence-corrected chi connectivity index (χ1v) is 10.4. The lowest BCUT2D eigenvalue weighted by Gasteiger charge is -2.22. The fourth-order valence-electron chi connectivity index (χ4n) is 4.22. The van der Waals surface area contributed by atoms with Gasteiger partial charge in [0.15, 0.2) is 0 Å². The van der Waals surface area contributed by atoms with Crippen LogP contribution in [0, 0.1) is 0 Å². The SMILES string of the molecule is CSc1cccc2c1C=C(C)C2CC1C(C)=Cc2c(Br)cccc21. The molecule has 0 fully saturated rings. The average molecular weight is 397 g/mol. The van der Waals surface area contributed by atoms with Crippen LogP contribution in [0.4, 0.5) is 0 Å². The normalized spacial score (nSPS) is 21.3. The van der Waals surface area contributed by atoms with Crippen LogP contribution in [0.1, 0.15) is 54.4 Å². The van der Waals surface area contributed by atoms with Crippen LogP contribution in [0.2, 0.25) is 0 Å². The molecule has 2 heteroatoms. The number of rotatable bonds is 3. The molecule has 2 unspecified atom stereocenters. The highest BCUT2D eigenvalue weighted by atomic mass is 79.9. The van der Waals surface area contributed by atoms with E-state index in [1.54, 1.807) is 0 Å². The minimum absolute atomic E-state index is 0.523. The lowest BCUT2D eigenvalue weighted by atomic mass is 9.82. The molecule has 2 aromatic rings. The van der Waals surface area contributed by atoms with Crippen molar-refractivity contribution < 1.29 is 0 Å². The molecule has 2 aliphatic rings. The van der Waals surface area contributed by atoms with E-state index in [4.69, 9.17) is 0 Å². The summed E-state index contributed by atoms with van der Waals surface area (Å²) in [7, 11) is 0. The van der Waals surface area contributed by atoms with Gasteiger partial charge in [0.05, 0.1) is 0 Å². The minimum Gasteiger partial charge on any atom is -0.129 e. The number of thioether (sulfide) groups is 1. The van der Waals surface area contributed by atoms with Gasteiger partial charge in [0, 0.05) is 21.2 Å². The monoisotopic (exact) mass is 396 g/mol. The molecule has 0 radical (unpaired) electrons. The summed E-state index contributed by atoms with van der Waals surface area (Å²) in [5, 5.41) is 0. The molecule has 24 heavy (non-hydrogen) atoms. The zero-order valence-electron chi connectivity index (χ0n) is 14.3. The molecule has 0 N–H and O–H groups in total. The summed E-state index contributed by atoms with van der Waals surface area (Å²) in [6.45, 7) is 4.58. The van der Waals surface area contributed by atoms with Crippen molar-refractivity contribution in [2.24, 2.45) is 0 Å². The molecule has 0 saturated carbocycles. The summed E-state index contributed by atoms with van der Waals surface area (Å²) < 4.78 is 1.21. The maximum absolute atomic E-state index is 3.71. The van der Waals surface area contributed by atoms with Crippen LogP contribution >= 0.6 is 27.7 Å². The van der Waals surface area contributed by atoms with E-state index < -0.39 is 0 Å². The molecule has 2 aromatic carbocycles. The Hall–Kier alpha value is -1.25. The second-order valence-electron chi connectivity index (χ2n) is 6.82. The number of halogens is 1. The Morgan fingerprint density at radius 2 is 1.46 bits per heavy atom. The first-order valence-electron chi connectivity index (χ1n) is 8.42. The highest BCUT2D eigenvalue weighted by molar-refractivity contribution is 9.10. The highest BCUT2D eigenvalue weighted by Gasteiger charge is 2.31. The molecule has 122 valence electrons. The predicted molar refractivity (Wildman–Crippen MR) is 110 cm³/mol. The lowest BCUT2D eigenvalue weighted by molar-refractivity contribution is 0.642. The molecule has 0 saturated heterocycles. The predicted octanol–water partition coefficient (Wildman–Crippen LogP) is 7.26. The Bertz CT molecular complexity index is 876. The van der Waals surface area contributed by atoms with Gasteiger partial charge in [0.25, 0.3) is 0 Å². The van der Waals surface area contributed by atoms with Crippen molar-refractivity contribution in [2.45, 2.75) is 37.0 Å². The lowest BCUT2D eigenvalue weighted by Crippen LogP contribution is -2.06. The van der Waals surface area contributed by atoms with Gasteiger partial charge in [-0.15, -0.1) is 11.8 Å². The molecule has 0 bridgehead atoms. The third kappa shape index (κ3) is 2.51. The first kappa shape index (κ1) is 16.2. The standard InChI is InChI=1S/C22H21BrS/c1-13-10-19-15(6-4-8-21(19)23)17(13)12-18-14(2)11-20-16(18)7-5-9-22(20)24-3/h4-11,17-18H,12H2,1-3H3. The summed E-state index contributed by atoms with van der Waals surface area (Å²) in [6, 6.07) is 13.4. The Labute approximate surface area is 157 Å². The summed E-state index contributed by atoms with van der Waals surface area (Å²) in [5.74, 6) is 1.06. The molecular weight excluding hydrogens is 376 g/mol. The number of hydrogen-bond acceptors (Lipinski definition) is 1. The zero-order valence-corrected chi connectivity index (χ0v) is 16.7. The van der Waals surface area contributed by atoms with Gasteiger partial charge >= 0.3 is 0 Å². The molecule has 0 heterocycles. The van der Waals surface area contributed by atoms with E-state index in [9.17, 15) is 0 Å². The number of allylic oxidation sites excluding steroid dienone is 2. The first-order chi connectivity index (χ1) is 11.6. The van der Waals surface area contributed by atoms with Crippen molar-refractivity contribution in [3.63, 3.8) is 0 Å². The van der Waals surface area contributed by atoms with E-state index in [-0.39, 0.29) is 0 Å². The van der Waals surface area contributed by atoms with Crippen molar-refractivity contribution >= 4 is 39.8 Å². The van der Waals surface area contributed by atoms with Gasteiger partial charge in [0.2, 0.25) is 0 Å². The Balaban J connectivity index is 1.71. The summed E-state index contributed by atoms with van der Waals surface area (Å²) >= 11 is 5.56. The summed E-state index contributed by atoms with van der Waals surface area (Å²) in [5.41, 5.74) is 8.79. The molecule has 2 atom stereocenters. The Morgan fingerprint density at radius 1 is 0.875 bits per heavy atom. The molecule has 2 aliphatic carbocycles. The number of fused-ring (bicyclic) bond motifs is 2. The highest BCUT2D eigenvalue weighted by Crippen LogP contribution is 2.49. The van der Waals surface area contributed by atoms with Gasteiger partial charge in [-0.1, -0.05) is 63.5 Å². The second-order valence-corrected chi connectivity index (χ2v) is 8.53. The Kier molecular flexibility index (Phi) is 4.22. The largest absolute Gasteiger partial charge is 0.129 e. The summed E-state index contributed by atoms with van der Waals surface area (Å²) in [6.07, 6.45) is 8.10. The van der Waals surface area contributed by atoms with Crippen LogP contribution in [0.3, 0.4) is 0 Å². The van der Waals surface area contributed by atoms with E-state index in [2.05, 4.69) is 84.6 Å². The van der Waals surface area contributed by atoms with Crippen molar-refractivity contribution in [3.05, 3.63) is 74.3 Å². The van der Waals surface area contributed by atoms with Crippen LogP contribution in [0.5, 0.6) is 0 Å². The Morgan fingerprint density at radius 3 is 2.12 bits per heavy atom. The molecule has 0 amide bonds. The molecule has 0 nitrogen and oxygen atoms in total. The number of benzene rings is 2. The van der Waals surface area contributed by atoms with E-state index in [0.29, 0.717) is 11.8 Å². The fourth-order valence-corrected chi connectivity index (χ4v) is 5.32. The maximum Gasteiger partial charge on any atom is 0.0250 e. The molecule has 0 aliphatic heterocycles. The van der Waals surface area contributed by atoms with E-state index in [1.807, 2.05) is 11.8 Å². The van der Waals surface area contributed by atoms with Crippen molar-refractivity contribution in [3.8, 4) is 0 Å². The van der Waals surface area contributed by atoms with E-state index in [1.165, 1.54) is 49.2 Å². The van der Waals surface area contributed by atoms with Crippen LogP contribution < -0.4 is 0 Å². The minimum atomic E-state index is 0.523. The smallest absolute Gasteiger partial charge is 0.0250 e. The maximum atomic E-state index is 3.71. The van der Waals surface area contributed by atoms with Crippen LogP contribution in [-0.2, 0) is 0 Å². The van der Waals surface area contributed by atoms with Gasteiger partial charge in [-0.3, -0.25) is 0 Å². The molecule has 0 aromatic heterocycles. The number of hydrogen-bond donors (Lipinski definition) is 0. The topological polar surface area (TPSA) is 0 Å². The van der Waals surface area contributed by atoms with Gasteiger partial charge in [-0.05, 0) is 60.9 Å². The summed E-state index contributed by atoms with van der Waals surface area (Å²) in [4.78, 5) is 1.40. The van der Waals surface area contributed by atoms with E-state index >= 15 is 0 Å². The fraction of sp³-hybridized carbons (Fsp3) is 0.273. The van der Waals surface area contributed by atoms with Gasteiger partial charge in [-0.2, -0.15) is 0 Å². The van der Waals surface area contributed by atoms with Crippen molar-refractivity contribution in [1.29, 1.82) is 0 Å². The van der Waals surface area contributed by atoms with Gasteiger partial charge in [0.1, 0.15) is 0 Å². The zero-order chi connectivity index (χ0) is 16.8. The van der Waals surface area contributed by atoms with Crippen LogP contribution in [0.15, 0.2) is 56.9 Å². The molecular formula is C22H21BrS. The second kappa shape index (κ2) is 6.24. The third-order valence-electron chi connectivity index (χ3n) is 5.47. The van der Waals surface area contributed by atoms with Crippen LogP contribution in [0.25, 0.3) is 12.2 Å². The van der Waals surface area contributed by atoms with E-state index in [0.717, 1.165) is 0 Å².